The molecule has 2 heterocycles. The third kappa shape index (κ3) is 3.64. The van der Waals surface area contributed by atoms with Gasteiger partial charge in [-0.25, -0.2) is 0 Å². The molecule has 1 aliphatic carbocycles. The average molecular weight is 697 g/mol. The Kier molecular flexibility index (Phi) is 5.59. The highest BCUT2D eigenvalue weighted by atomic mass is 15.0. The molecule has 254 valence electrons. The second kappa shape index (κ2) is 10.5. The predicted molar refractivity (Wildman–Crippen MR) is 230 cm³/mol. The second-order valence-corrected chi connectivity index (χ2v) is 15.2. The Labute approximate surface area is 317 Å². The summed E-state index contributed by atoms with van der Waals surface area (Å²) in [7, 11) is 0. The van der Waals surface area contributed by atoms with Gasteiger partial charge in [-0.05, 0) is 103 Å². The van der Waals surface area contributed by atoms with Crippen LogP contribution in [0.25, 0.3) is 87.7 Å². The van der Waals surface area contributed by atoms with E-state index in [-0.39, 0.29) is 0 Å². The summed E-state index contributed by atoms with van der Waals surface area (Å²) in [6.07, 6.45) is 0. The van der Waals surface area contributed by atoms with E-state index >= 15 is 0 Å². The van der Waals surface area contributed by atoms with Crippen LogP contribution in [0.2, 0.25) is 0 Å². The molecule has 0 aliphatic heterocycles. The Balaban J connectivity index is 1.14. The van der Waals surface area contributed by atoms with E-state index < -0.39 is 5.41 Å². The Bertz CT molecular complexity index is 3110. The fourth-order valence-corrected chi connectivity index (χ4v) is 10.5. The molecule has 0 amide bonds. The molecule has 13 rings (SSSR count). The normalized spacial score (nSPS) is 13.6. The van der Waals surface area contributed by atoms with Crippen molar-refractivity contribution >= 4 is 65.2 Å². The van der Waals surface area contributed by atoms with Gasteiger partial charge in [0.25, 0.3) is 0 Å². The molecule has 0 radical (unpaired) electrons. The molecule has 0 saturated carbocycles. The van der Waals surface area contributed by atoms with E-state index in [0.717, 1.165) is 0 Å². The zero-order valence-electron chi connectivity index (χ0n) is 29.9. The first-order chi connectivity index (χ1) is 27.3. The summed E-state index contributed by atoms with van der Waals surface area (Å²) in [4.78, 5) is 0. The molecular weight excluding hydrogens is 665 g/mol. The van der Waals surface area contributed by atoms with Crippen LogP contribution in [-0.2, 0) is 5.41 Å². The van der Waals surface area contributed by atoms with Crippen LogP contribution in [0.5, 0.6) is 0 Å². The first kappa shape index (κ1) is 29.3. The standard InChI is InChI=1S/C53H32N2/c1-3-15-37(16-4-1)53(38-17-5-2-6-18-38)43-31-39(54-45-19-7-11-33-23-24-34-12-8-20-46(54)50(34)49(33)45)27-29-41(43)42-30-28-40(32-44(42)53)55-47-21-9-13-35-25-26-36-14-10-22-48(55)52(36)51(35)47/h1-32H. The van der Waals surface area contributed by atoms with Crippen LogP contribution in [0.4, 0.5) is 0 Å². The van der Waals surface area contributed by atoms with Crippen molar-refractivity contribution in [2.45, 2.75) is 5.41 Å². The third-order valence-corrected chi connectivity index (χ3v) is 12.7. The number of benzene rings is 10. The van der Waals surface area contributed by atoms with Crippen molar-refractivity contribution in [2.24, 2.45) is 0 Å². The Morgan fingerprint density at radius 3 is 0.982 bits per heavy atom. The lowest BCUT2D eigenvalue weighted by Gasteiger charge is -2.34. The maximum Gasteiger partial charge on any atom is 0.0715 e. The minimum atomic E-state index is -0.561. The first-order valence-corrected chi connectivity index (χ1v) is 19.2. The summed E-state index contributed by atoms with van der Waals surface area (Å²) < 4.78 is 4.98. The first-order valence-electron chi connectivity index (χ1n) is 19.2. The van der Waals surface area contributed by atoms with Crippen molar-refractivity contribution in [3.05, 3.63) is 216 Å². The van der Waals surface area contributed by atoms with Crippen LogP contribution >= 0.6 is 0 Å². The molecule has 0 saturated heterocycles. The molecule has 2 aromatic heterocycles. The largest absolute Gasteiger partial charge is 0.309 e. The highest BCUT2D eigenvalue weighted by Crippen LogP contribution is 2.57. The summed E-state index contributed by atoms with van der Waals surface area (Å²) in [5.41, 5.74) is 14.4. The van der Waals surface area contributed by atoms with Gasteiger partial charge in [0, 0.05) is 32.9 Å². The molecular formula is C53H32N2. The van der Waals surface area contributed by atoms with E-state index in [9.17, 15) is 0 Å². The topological polar surface area (TPSA) is 9.86 Å². The van der Waals surface area contributed by atoms with Gasteiger partial charge < -0.3 is 9.13 Å². The van der Waals surface area contributed by atoms with Crippen molar-refractivity contribution in [3.63, 3.8) is 0 Å². The molecule has 0 atom stereocenters. The lowest BCUT2D eigenvalue weighted by Crippen LogP contribution is -2.28. The van der Waals surface area contributed by atoms with Crippen molar-refractivity contribution in [3.8, 4) is 22.5 Å². The minimum absolute atomic E-state index is 0.561. The van der Waals surface area contributed by atoms with Gasteiger partial charge in [0.1, 0.15) is 0 Å². The van der Waals surface area contributed by atoms with E-state index in [1.165, 1.54) is 110 Å². The van der Waals surface area contributed by atoms with Gasteiger partial charge in [0.2, 0.25) is 0 Å². The number of fused-ring (bicyclic) bond motifs is 3. The second-order valence-electron chi connectivity index (χ2n) is 15.2. The summed E-state index contributed by atoms with van der Waals surface area (Å²) in [6.45, 7) is 0. The van der Waals surface area contributed by atoms with Crippen LogP contribution in [0, 0.1) is 0 Å². The highest BCUT2D eigenvalue weighted by Gasteiger charge is 2.46. The van der Waals surface area contributed by atoms with Crippen LogP contribution in [-0.4, -0.2) is 9.13 Å². The number of nitrogens with zero attached hydrogens (tertiary/aromatic N) is 2. The van der Waals surface area contributed by atoms with Crippen LogP contribution in [0.1, 0.15) is 22.3 Å². The van der Waals surface area contributed by atoms with Gasteiger partial charge in [-0.1, -0.05) is 146 Å². The SMILES string of the molecule is c1ccc(C2(c3ccccc3)c3cc(-n4c5cccc6ccc7cccc4c7c65)ccc3-c3ccc(-n4c5cccc6ccc7cccc4c7c65)cc32)cc1. The van der Waals surface area contributed by atoms with Crippen molar-refractivity contribution in [1.29, 1.82) is 0 Å². The lowest BCUT2D eigenvalue weighted by molar-refractivity contribution is 0.766. The van der Waals surface area contributed by atoms with Gasteiger partial charge in [0.05, 0.1) is 27.5 Å². The fourth-order valence-electron chi connectivity index (χ4n) is 10.5. The van der Waals surface area contributed by atoms with Crippen LogP contribution < -0.4 is 0 Å². The molecule has 0 bridgehead atoms. The number of rotatable bonds is 4. The molecule has 12 aromatic rings. The molecule has 0 fully saturated rings. The predicted octanol–water partition coefficient (Wildman–Crippen LogP) is 13.4. The third-order valence-electron chi connectivity index (χ3n) is 12.7. The quantitative estimate of drug-likeness (QED) is 0.162. The van der Waals surface area contributed by atoms with E-state index in [0.29, 0.717) is 0 Å². The number of aromatic nitrogens is 2. The smallest absolute Gasteiger partial charge is 0.0715 e. The molecule has 0 spiro atoms. The van der Waals surface area contributed by atoms with Crippen molar-refractivity contribution in [2.75, 3.05) is 0 Å². The zero-order chi connectivity index (χ0) is 35.8. The maximum absolute atomic E-state index is 2.49. The van der Waals surface area contributed by atoms with Gasteiger partial charge in [0.15, 0.2) is 0 Å². The Morgan fingerprint density at radius 1 is 0.291 bits per heavy atom. The highest BCUT2D eigenvalue weighted by molar-refractivity contribution is 6.25. The van der Waals surface area contributed by atoms with E-state index in [2.05, 4.69) is 203 Å². The summed E-state index contributed by atoms with van der Waals surface area (Å²) in [6, 6.07) is 72.7. The van der Waals surface area contributed by atoms with E-state index in [1.54, 1.807) is 0 Å². The minimum Gasteiger partial charge on any atom is -0.309 e. The monoisotopic (exact) mass is 696 g/mol. The van der Waals surface area contributed by atoms with Crippen LogP contribution in [0.15, 0.2) is 194 Å². The van der Waals surface area contributed by atoms with Crippen LogP contribution in [0.3, 0.4) is 0 Å². The molecule has 2 heteroatoms. The molecule has 10 aromatic carbocycles. The van der Waals surface area contributed by atoms with E-state index in [1.807, 2.05) is 0 Å². The van der Waals surface area contributed by atoms with Gasteiger partial charge >= 0.3 is 0 Å². The van der Waals surface area contributed by atoms with Crippen molar-refractivity contribution in [1.82, 2.24) is 9.13 Å². The summed E-state index contributed by atoms with van der Waals surface area (Å²) in [5.74, 6) is 0. The summed E-state index contributed by atoms with van der Waals surface area (Å²) >= 11 is 0. The molecule has 0 N–H and O–H groups in total. The molecule has 2 nitrogen and oxygen atoms in total. The molecule has 0 unspecified atom stereocenters. The number of hydrogen-bond acceptors (Lipinski definition) is 0. The van der Waals surface area contributed by atoms with E-state index in [4.69, 9.17) is 0 Å². The lowest BCUT2D eigenvalue weighted by atomic mass is 9.67. The molecule has 1 aliphatic rings. The molecule has 55 heavy (non-hydrogen) atoms. The zero-order valence-corrected chi connectivity index (χ0v) is 29.9. The Morgan fingerprint density at radius 2 is 0.636 bits per heavy atom. The van der Waals surface area contributed by atoms with Gasteiger partial charge in [-0.2, -0.15) is 0 Å². The maximum atomic E-state index is 2.49. The Hall–Kier alpha value is -7.16. The average Bonchev–Trinajstić information content (AvgIpc) is 3.88. The fraction of sp³-hybridized carbons (Fsp3) is 0.0189. The summed E-state index contributed by atoms with van der Waals surface area (Å²) in [5, 5.41) is 10.4. The number of hydrogen-bond donors (Lipinski definition) is 0. The van der Waals surface area contributed by atoms with Gasteiger partial charge in [-0.3, -0.25) is 0 Å². The van der Waals surface area contributed by atoms with Crippen molar-refractivity contribution < 1.29 is 0 Å². The van der Waals surface area contributed by atoms with Gasteiger partial charge in [-0.15, -0.1) is 0 Å².